The van der Waals surface area contributed by atoms with E-state index < -0.39 is 5.92 Å². The maximum atomic E-state index is 13.0. The van der Waals surface area contributed by atoms with Crippen LogP contribution in [-0.2, 0) is 4.79 Å². The lowest BCUT2D eigenvalue weighted by molar-refractivity contribution is -0.115. The average molecular weight is 397 g/mol. The van der Waals surface area contributed by atoms with Gasteiger partial charge in [0.05, 0.1) is 37.3 Å². The second kappa shape index (κ2) is 8.10. The maximum Gasteiger partial charge on any atom is 0.238 e. The van der Waals surface area contributed by atoms with Crippen LogP contribution < -0.4 is 14.8 Å². The van der Waals surface area contributed by atoms with Crippen LogP contribution in [0.15, 0.2) is 71.7 Å². The molecule has 0 radical (unpaired) electrons. The van der Waals surface area contributed by atoms with Crippen molar-refractivity contribution in [2.45, 2.75) is 5.92 Å². The van der Waals surface area contributed by atoms with E-state index >= 15 is 0 Å². The SMILES string of the molecule is COc1cc2c(cc1OC)C(C(=Nc1ccc(C#N)cc1)c1ccccc1)C(=O)N2. The molecule has 6 nitrogen and oxygen atoms in total. The summed E-state index contributed by atoms with van der Waals surface area (Å²) in [5, 5.41) is 12.0. The summed E-state index contributed by atoms with van der Waals surface area (Å²) < 4.78 is 10.8. The van der Waals surface area contributed by atoms with Gasteiger partial charge in [0.15, 0.2) is 11.5 Å². The summed E-state index contributed by atoms with van der Waals surface area (Å²) in [4.78, 5) is 17.8. The van der Waals surface area contributed by atoms with E-state index in [0.29, 0.717) is 34.1 Å². The predicted octanol–water partition coefficient (Wildman–Crippen LogP) is 4.43. The molecule has 1 aliphatic heterocycles. The third-order valence-corrected chi connectivity index (χ3v) is 4.98. The van der Waals surface area contributed by atoms with E-state index in [1.54, 1.807) is 44.6 Å². The van der Waals surface area contributed by atoms with Crippen molar-refractivity contribution in [2.24, 2.45) is 4.99 Å². The van der Waals surface area contributed by atoms with Crippen molar-refractivity contribution in [3.63, 3.8) is 0 Å². The molecule has 0 saturated heterocycles. The summed E-state index contributed by atoms with van der Waals surface area (Å²) in [5.41, 5.74) is 4.11. The van der Waals surface area contributed by atoms with E-state index in [1.807, 2.05) is 36.4 Å². The van der Waals surface area contributed by atoms with Gasteiger partial charge in [-0.1, -0.05) is 30.3 Å². The Labute approximate surface area is 174 Å². The monoisotopic (exact) mass is 397 g/mol. The molecule has 0 fully saturated rings. The van der Waals surface area contributed by atoms with Crippen molar-refractivity contribution in [1.82, 2.24) is 0 Å². The first-order valence-corrected chi connectivity index (χ1v) is 9.35. The van der Waals surface area contributed by atoms with Crippen molar-refractivity contribution < 1.29 is 14.3 Å². The number of anilines is 1. The number of hydrogen-bond donors (Lipinski definition) is 1. The fourth-order valence-corrected chi connectivity index (χ4v) is 3.51. The number of fused-ring (bicyclic) bond motifs is 1. The lowest BCUT2D eigenvalue weighted by Crippen LogP contribution is -2.22. The Morgan fingerprint density at radius 1 is 1.00 bits per heavy atom. The van der Waals surface area contributed by atoms with Gasteiger partial charge in [0.25, 0.3) is 0 Å². The minimum atomic E-state index is -0.613. The highest BCUT2D eigenvalue weighted by molar-refractivity contribution is 6.24. The molecule has 3 aromatic carbocycles. The Hall–Kier alpha value is -4.11. The minimum absolute atomic E-state index is 0.170. The van der Waals surface area contributed by atoms with Crippen LogP contribution >= 0.6 is 0 Å². The summed E-state index contributed by atoms with van der Waals surface area (Å²) in [6.07, 6.45) is 0. The molecule has 3 aromatic rings. The smallest absolute Gasteiger partial charge is 0.238 e. The fraction of sp³-hybridized carbons (Fsp3) is 0.125. The van der Waals surface area contributed by atoms with E-state index in [0.717, 1.165) is 11.1 Å². The number of nitriles is 1. The average Bonchev–Trinajstić information content (AvgIpc) is 3.11. The van der Waals surface area contributed by atoms with E-state index in [4.69, 9.17) is 19.7 Å². The number of methoxy groups -OCH3 is 2. The minimum Gasteiger partial charge on any atom is -0.493 e. The summed E-state index contributed by atoms with van der Waals surface area (Å²) in [6, 6.07) is 22.2. The van der Waals surface area contributed by atoms with E-state index in [1.165, 1.54) is 0 Å². The van der Waals surface area contributed by atoms with Gasteiger partial charge in [-0.25, -0.2) is 0 Å². The summed E-state index contributed by atoms with van der Waals surface area (Å²) >= 11 is 0. The summed E-state index contributed by atoms with van der Waals surface area (Å²) in [7, 11) is 3.12. The molecule has 148 valence electrons. The lowest BCUT2D eigenvalue weighted by Gasteiger charge is -2.15. The largest absolute Gasteiger partial charge is 0.493 e. The van der Waals surface area contributed by atoms with E-state index in [2.05, 4.69) is 11.4 Å². The summed E-state index contributed by atoms with van der Waals surface area (Å²) in [5.74, 6) is 0.306. The Bertz CT molecular complexity index is 1160. The predicted molar refractivity (Wildman–Crippen MR) is 115 cm³/mol. The van der Waals surface area contributed by atoms with Crippen molar-refractivity contribution >= 4 is 23.0 Å². The zero-order chi connectivity index (χ0) is 21.1. The van der Waals surface area contributed by atoms with Gasteiger partial charge in [0.2, 0.25) is 5.91 Å². The number of ether oxygens (including phenoxy) is 2. The van der Waals surface area contributed by atoms with Crippen LogP contribution in [0.2, 0.25) is 0 Å². The topological polar surface area (TPSA) is 83.7 Å². The number of benzene rings is 3. The Kier molecular flexibility index (Phi) is 5.19. The quantitative estimate of drug-likeness (QED) is 0.646. The van der Waals surface area contributed by atoms with Crippen LogP contribution in [0.4, 0.5) is 11.4 Å². The van der Waals surface area contributed by atoms with Crippen LogP contribution in [0.5, 0.6) is 11.5 Å². The molecule has 1 unspecified atom stereocenters. The molecule has 0 aliphatic carbocycles. The molecule has 4 rings (SSSR count). The van der Waals surface area contributed by atoms with Gasteiger partial charge in [-0.2, -0.15) is 5.26 Å². The van der Waals surface area contributed by atoms with Crippen molar-refractivity contribution in [3.05, 3.63) is 83.4 Å². The number of amides is 1. The first-order chi connectivity index (χ1) is 14.6. The molecule has 1 atom stereocenters. The molecule has 30 heavy (non-hydrogen) atoms. The number of carbonyl (C=O) groups excluding carboxylic acids is 1. The highest BCUT2D eigenvalue weighted by Crippen LogP contribution is 2.42. The zero-order valence-corrected chi connectivity index (χ0v) is 16.5. The number of aliphatic imine (C=N–C) groups is 1. The van der Waals surface area contributed by atoms with Crippen LogP contribution in [-0.4, -0.2) is 25.8 Å². The van der Waals surface area contributed by atoms with Gasteiger partial charge in [0.1, 0.15) is 5.92 Å². The lowest BCUT2D eigenvalue weighted by atomic mass is 9.90. The maximum absolute atomic E-state index is 13.0. The van der Waals surface area contributed by atoms with Crippen molar-refractivity contribution in [3.8, 4) is 17.6 Å². The molecule has 0 aromatic heterocycles. The first-order valence-electron chi connectivity index (χ1n) is 9.35. The third-order valence-electron chi connectivity index (χ3n) is 4.98. The molecular formula is C24H19N3O3. The Balaban J connectivity index is 1.87. The molecule has 1 N–H and O–H groups in total. The Morgan fingerprint density at radius 3 is 2.30 bits per heavy atom. The van der Waals surface area contributed by atoms with E-state index in [-0.39, 0.29) is 5.91 Å². The van der Waals surface area contributed by atoms with Crippen LogP contribution in [0.1, 0.15) is 22.6 Å². The third kappa shape index (κ3) is 3.49. The second-order valence-corrected chi connectivity index (χ2v) is 6.74. The second-order valence-electron chi connectivity index (χ2n) is 6.74. The molecular weight excluding hydrogens is 378 g/mol. The van der Waals surface area contributed by atoms with Crippen LogP contribution in [0.3, 0.4) is 0 Å². The van der Waals surface area contributed by atoms with Crippen molar-refractivity contribution in [2.75, 3.05) is 19.5 Å². The van der Waals surface area contributed by atoms with Gasteiger partial charge < -0.3 is 14.8 Å². The number of rotatable bonds is 5. The molecule has 0 bridgehead atoms. The number of nitrogens with one attached hydrogen (secondary N) is 1. The van der Waals surface area contributed by atoms with Gasteiger partial charge in [0, 0.05) is 11.8 Å². The van der Waals surface area contributed by atoms with Gasteiger partial charge in [-0.3, -0.25) is 9.79 Å². The molecule has 6 heteroatoms. The highest BCUT2D eigenvalue weighted by Gasteiger charge is 2.36. The molecule has 0 spiro atoms. The number of carbonyl (C=O) groups is 1. The number of hydrogen-bond acceptors (Lipinski definition) is 5. The standard InChI is InChI=1S/C24H19N3O3/c1-29-20-12-18-19(13-21(20)30-2)27-24(28)22(18)23(16-6-4-3-5-7-16)26-17-10-8-15(14-25)9-11-17/h3-13,22H,1-2H3,(H,27,28). The van der Waals surface area contributed by atoms with Gasteiger partial charge in [-0.15, -0.1) is 0 Å². The highest BCUT2D eigenvalue weighted by atomic mass is 16.5. The fourth-order valence-electron chi connectivity index (χ4n) is 3.51. The normalized spacial score (nSPS) is 15.2. The van der Waals surface area contributed by atoms with Gasteiger partial charge >= 0.3 is 0 Å². The molecule has 1 amide bonds. The molecule has 1 aliphatic rings. The van der Waals surface area contributed by atoms with Crippen LogP contribution in [0, 0.1) is 11.3 Å². The molecule has 0 saturated carbocycles. The Morgan fingerprint density at radius 2 is 1.67 bits per heavy atom. The number of nitrogens with zero attached hydrogens (tertiary/aromatic N) is 2. The first kappa shape index (κ1) is 19.2. The van der Waals surface area contributed by atoms with E-state index in [9.17, 15) is 4.79 Å². The van der Waals surface area contributed by atoms with Crippen molar-refractivity contribution in [1.29, 1.82) is 5.26 Å². The molecule has 1 heterocycles. The zero-order valence-electron chi connectivity index (χ0n) is 16.5. The van der Waals surface area contributed by atoms with Gasteiger partial charge in [-0.05, 0) is 41.5 Å². The summed E-state index contributed by atoms with van der Waals surface area (Å²) in [6.45, 7) is 0. The van der Waals surface area contributed by atoms with Crippen LogP contribution in [0.25, 0.3) is 0 Å².